The number of halogens is 1. The maximum absolute atomic E-state index is 14.0. The molecule has 1 aromatic carbocycles. The second kappa shape index (κ2) is 5.53. The summed E-state index contributed by atoms with van der Waals surface area (Å²) in [6.45, 7) is 5.42. The van der Waals surface area contributed by atoms with Crippen molar-refractivity contribution < 1.29 is 23.4 Å². The van der Waals surface area contributed by atoms with Crippen LogP contribution >= 0.6 is 0 Å². The standard InChI is InChI=1S/C15H17FO4/c1-4-6-9-7-10(16)14-11(12(9)17)8(3)13(20-14)15(18)19-5-2/h7,17H,4-6H2,1-3H3. The van der Waals surface area contributed by atoms with Crippen molar-refractivity contribution in [2.45, 2.75) is 33.6 Å². The molecule has 0 fully saturated rings. The van der Waals surface area contributed by atoms with Crippen molar-refractivity contribution in [1.29, 1.82) is 0 Å². The van der Waals surface area contributed by atoms with E-state index in [1.165, 1.54) is 6.07 Å². The van der Waals surface area contributed by atoms with E-state index in [-0.39, 0.29) is 29.1 Å². The van der Waals surface area contributed by atoms with Crippen LogP contribution in [0.2, 0.25) is 0 Å². The summed E-state index contributed by atoms with van der Waals surface area (Å²) < 4.78 is 24.1. The van der Waals surface area contributed by atoms with E-state index in [1.807, 2.05) is 6.92 Å². The van der Waals surface area contributed by atoms with Crippen molar-refractivity contribution in [3.05, 3.63) is 28.8 Å². The Hall–Kier alpha value is -2.04. The van der Waals surface area contributed by atoms with E-state index < -0.39 is 11.8 Å². The summed E-state index contributed by atoms with van der Waals surface area (Å²) >= 11 is 0. The molecule has 0 aliphatic carbocycles. The quantitative estimate of drug-likeness (QED) is 0.867. The number of esters is 1. The Labute approximate surface area is 116 Å². The Kier molecular flexibility index (Phi) is 3.97. The average Bonchev–Trinajstić information content (AvgIpc) is 2.75. The molecule has 108 valence electrons. The summed E-state index contributed by atoms with van der Waals surface area (Å²) in [4.78, 5) is 11.7. The lowest BCUT2D eigenvalue weighted by molar-refractivity contribution is 0.0491. The van der Waals surface area contributed by atoms with Crippen molar-refractivity contribution in [3.8, 4) is 5.75 Å². The molecule has 2 rings (SSSR count). The lowest BCUT2D eigenvalue weighted by atomic mass is 10.0. The van der Waals surface area contributed by atoms with E-state index in [1.54, 1.807) is 13.8 Å². The summed E-state index contributed by atoms with van der Waals surface area (Å²) in [5.74, 6) is -1.33. The number of phenols is 1. The van der Waals surface area contributed by atoms with Gasteiger partial charge in [-0.05, 0) is 31.9 Å². The fraction of sp³-hybridized carbons (Fsp3) is 0.400. The van der Waals surface area contributed by atoms with Crippen LogP contribution < -0.4 is 0 Å². The van der Waals surface area contributed by atoms with Crippen LogP contribution in [0, 0.1) is 12.7 Å². The zero-order chi connectivity index (χ0) is 14.9. The molecule has 2 aromatic rings. The summed E-state index contributed by atoms with van der Waals surface area (Å²) in [6.07, 6.45) is 1.33. The van der Waals surface area contributed by atoms with E-state index >= 15 is 0 Å². The third kappa shape index (κ3) is 2.24. The second-order valence-electron chi connectivity index (χ2n) is 4.60. The van der Waals surface area contributed by atoms with Gasteiger partial charge in [-0.2, -0.15) is 0 Å². The zero-order valence-corrected chi connectivity index (χ0v) is 11.7. The van der Waals surface area contributed by atoms with Crippen LogP contribution in [0.25, 0.3) is 11.0 Å². The second-order valence-corrected chi connectivity index (χ2v) is 4.60. The van der Waals surface area contributed by atoms with E-state index in [0.717, 1.165) is 6.42 Å². The van der Waals surface area contributed by atoms with Crippen molar-refractivity contribution in [3.63, 3.8) is 0 Å². The largest absolute Gasteiger partial charge is 0.507 e. The van der Waals surface area contributed by atoms with Crippen LogP contribution in [0.1, 0.15) is 41.9 Å². The summed E-state index contributed by atoms with van der Waals surface area (Å²) in [5, 5.41) is 10.5. The Morgan fingerprint density at radius 1 is 1.45 bits per heavy atom. The highest BCUT2D eigenvalue weighted by Gasteiger charge is 2.24. The molecule has 0 atom stereocenters. The zero-order valence-electron chi connectivity index (χ0n) is 11.7. The van der Waals surface area contributed by atoms with E-state index in [4.69, 9.17) is 9.15 Å². The molecule has 5 heteroatoms. The van der Waals surface area contributed by atoms with Crippen molar-refractivity contribution in [2.24, 2.45) is 0 Å². The molecule has 0 unspecified atom stereocenters. The number of carbonyl (C=O) groups excluding carboxylic acids is 1. The van der Waals surface area contributed by atoms with E-state index in [2.05, 4.69) is 0 Å². The first-order chi connectivity index (χ1) is 9.51. The molecule has 0 saturated carbocycles. The SMILES string of the molecule is CCCc1cc(F)c2oc(C(=O)OCC)c(C)c2c1O. The average molecular weight is 280 g/mol. The highest BCUT2D eigenvalue weighted by Crippen LogP contribution is 2.37. The van der Waals surface area contributed by atoms with Gasteiger partial charge in [0.2, 0.25) is 5.76 Å². The molecule has 1 heterocycles. The number of phenolic OH excluding ortho intramolecular Hbond substituents is 1. The van der Waals surface area contributed by atoms with Crippen LogP contribution in [0.15, 0.2) is 10.5 Å². The third-order valence-electron chi connectivity index (χ3n) is 3.19. The number of aromatic hydroxyl groups is 1. The Balaban J connectivity index is 2.68. The molecule has 4 nitrogen and oxygen atoms in total. The van der Waals surface area contributed by atoms with Gasteiger partial charge in [-0.25, -0.2) is 9.18 Å². The first-order valence-corrected chi connectivity index (χ1v) is 6.61. The van der Waals surface area contributed by atoms with Crippen molar-refractivity contribution >= 4 is 16.9 Å². The smallest absolute Gasteiger partial charge is 0.374 e. The molecule has 1 N–H and O–H groups in total. The minimum absolute atomic E-state index is 0.0277. The number of ether oxygens (including phenoxy) is 1. The Bertz CT molecular complexity index is 658. The molecule has 0 spiro atoms. The van der Waals surface area contributed by atoms with Crippen molar-refractivity contribution in [2.75, 3.05) is 6.61 Å². The van der Waals surface area contributed by atoms with E-state index in [0.29, 0.717) is 17.5 Å². The predicted molar refractivity (Wildman–Crippen MR) is 72.5 cm³/mol. The van der Waals surface area contributed by atoms with Crippen LogP contribution in [0.5, 0.6) is 5.75 Å². The van der Waals surface area contributed by atoms with Crippen LogP contribution in [0.4, 0.5) is 4.39 Å². The predicted octanol–water partition coefficient (Wildman–Crippen LogP) is 3.72. The molecular formula is C15H17FO4. The van der Waals surface area contributed by atoms with Crippen LogP contribution in [-0.4, -0.2) is 17.7 Å². The van der Waals surface area contributed by atoms with Gasteiger partial charge in [0.25, 0.3) is 0 Å². The lowest BCUT2D eigenvalue weighted by Crippen LogP contribution is -2.04. The van der Waals surface area contributed by atoms with Gasteiger partial charge in [0.1, 0.15) is 5.75 Å². The van der Waals surface area contributed by atoms with Gasteiger partial charge in [0.15, 0.2) is 11.4 Å². The highest BCUT2D eigenvalue weighted by molar-refractivity contribution is 5.98. The summed E-state index contributed by atoms with van der Waals surface area (Å²) in [7, 11) is 0. The topological polar surface area (TPSA) is 59.7 Å². The normalized spacial score (nSPS) is 11.0. The minimum Gasteiger partial charge on any atom is -0.507 e. The molecule has 0 bridgehead atoms. The van der Waals surface area contributed by atoms with Gasteiger partial charge in [0.05, 0.1) is 12.0 Å². The first kappa shape index (κ1) is 14.4. The Morgan fingerprint density at radius 3 is 2.75 bits per heavy atom. The molecule has 0 aliphatic heterocycles. The number of rotatable bonds is 4. The number of benzene rings is 1. The van der Waals surface area contributed by atoms with Crippen molar-refractivity contribution in [1.82, 2.24) is 0 Å². The molecule has 0 saturated heterocycles. The first-order valence-electron chi connectivity index (χ1n) is 6.61. The monoisotopic (exact) mass is 280 g/mol. The Morgan fingerprint density at radius 2 is 2.15 bits per heavy atom. The number of furan rings is 1. The van der Waals surface area contributed by atoms with Gasteiger partial charge >= 0.3 is 5.97 Å². The molecule has 1 aromatic heterocycles. The fourth-order valence-corrected chi connectivity index (χ4v) is 2.27. The maximum atomic E-state index is 14.0. The van der Waals surface area contributed by atoms with Gasteiger partial charge in [-0.1, -0.05) is 13.3 Å². The maximum Gasteiger partial charge on any atom is 0.374 e. The third-order valence-corrected chi connectivity index (χ3v) is 3.19. The van der Waals surface area contributed by atoms with E-state index in [9.17, 15) is 14.3 Å². The summed E-state index contributed by atoms with van der Waals surface area (Å²) in [6, 6.07) is 1.25. The number of carbonyl (C=O) groups is 1. The van der Waals surface area contributed by atoms with Crippen LogP contribution in [0.3, 0.4) is 0 Å². The van der Waals surface area contributed by atoms with Gasteiger partial charge in [0, 0.05) is 5.56 Å². The van der Waals surface area contributed by atoms with Gasteiger partial charge < -0.3 is 14.3 Å². The highest BCUT2D eigenvalue weighted by atomic mass is 19.1. The number of aryl methyl sites for hydroxylation is 2. The number of hydrogen-bond donors (Lipinski definition) is 1. The summed E-state index contributed by atoms with van der Waals surface area (Å²) in [5.41, 5.74) is 0.799. The molecule has 0 aliphatic rings. The number of hydrogen-bond acceptors (Lipinski definition) is 4. The van der Waals surface area contributed by atoms with Gasteiger partial charge in [-0.15, -0.1) is 0 Å². The molecular weight excluding hydrogens is 263 g/mol. The number of fused-ring (bicyclic) bond motifs is 1. The molecule has 0 amide bonds. The van der Waals surface area contributed by atoms with Crippen LogP contribution in [-0.2, 0) is 11.2 Å². The minimum atomic E-state index is -0.656. The lowest BCUT2D eigenvalue weighted by Gasteiger charge is -2.05. The van der Waals surface area contributed by atoms with Gasteiger partial charge in [-0.3, -0.25) is 0 Å². The fourth-order valence-electron chi connectivity index (χ4n) is 2.27. The molecule has 0 radical (unpaired) electrons. The molecule has 20 heavy (non-hydrogen) atoms.